The van der Waals surface area contributed by atoms with E-state index in [1.165, 1.54) is 0 Å². The third-order valence-corrected chi connectivity index (χ3v) is 0. The van der Waals surface area contributed by atoms with E-state index in [0.29, 0.717) is 0 Å². The molecule has 0 spiro atoms. The SMILES string of the molecule is O.O.O.O.O.O=[Si](O)O.[Na].[Na]. The molecule has 0 aliphatic heterocycles. The van der Waals surface area contributed by atoms with Crippen LogP contribution in [0.1, 0.15) is 0 Å². The van der Waals surface area contributed by atoms with E-state index in [1.54, 1.807) is 0 Å². The predicted octanol–water partition coefficient (Wildman–Crippen LogP) is -6.50. The molecule has 0 rings (SSSR count). The molecule has 0 aromatic carbocycles. The van der Waals surface area contributed by atoms with E-state index in [2.05, 4.69) is 0 Å². The molecular formula is H12Na2O8Si. The molecule has 11 heteroatoms. The molecule has 0 bridgehead atoms. The normalized spacial score (nSPS) is 2.18. The number of hydrogen-bond donors (Lipinski definition) is 2. The van der Waals surface area contributed by atoms with Crippen LogP contribution in [0, 0.1) is 0 Å². The zero-order valence-electron chi connectivity index (χ0n) is 6.30. The van der Waals surface area contributed by atoms with Crippen molar-refractivity contribution < 1.29 is 41.4 Å². The van der Waals surface area contributed by atoms with Crippen molar-refractivity contribution >= 4 is 68.3 Å². The van der Waals surface area contributed by atoms with E-state index in [-0.39, 0.29) is 86.5 Å². The maximum atomic E-state index is 8.74. The molecule has 0 aromatic rings. The van der Waals surface area contributed by atoms with E-state index in [4.69, 9.17) is 14.1 Å². The Morgan fingerprint density at radius 1 is 0.727 bits per heavy atom. The molecule has 0 fully saturated rings. The minimum absolute atomic E-state index is 0. The molecule has 0 aromatic heterocycles. The molecule has 66 valence electrons. The molecule has 0 amide bonds. The summed E-state index contributed by atoms with van der Waals surface area (Å²) < 4.78 is 8.74. The first-order valence-corrected chi connectivity index (χ1v) is 1.95. The molecular weight excluding hydrogens is 202 g/mol. The smallest absolute Gasteiger partial charge is 0.511 e. The van der Waals surface area contributed by atoms with Crippen LogP contribution in [0.15, 0.2) is 0 Å². The third-order valence-electron chi connectivity index (χ3n) is 0. The molecule has 0 unspecified atom stereocenters. The molecule has 0 aliphatic rings. The fourth-order valence-electron chi connectivity index (χ4n) is 0. The van der Waals surface area contributed by atoms with Gasteiger partial charge in [0.25, 0.3) is 0 Å². The Kier molecular flexibility index (Phi) is 479. The van der Waals surface area contributed by atoms with E-state index < -0.39 is 9.17 Å². The van der Waals surface area contributed by atoms with Crippen LogP contribution in [0.2, 0.25) is 0 Å². The Labute approximate surface area is 109 Å². The second kappa shape index (κ2) is 63.5. The predicted molar refractivity (Wildman–Crippen MR) is 40.5 cm³/mol. The van der Waals surface area contributed by atoms with Crippen LogP contribution in [0.25, 0.3) is 0 Å². The average Bonchev–Trinajstić information content (AvgIpc) is 0.811. The minimum Gasteiger partial charge on any atom is -0.511 e. The first-order chi connectivity index (χ1) is 1.73. The number of hydrogen-bond acceptors (Lipinski definition) is 1. The van der Waals surface area contributed by atoms with Gasteiger partial charge in [-0.25, -0.2) is 0 Å². The van der Waals surface area contributed by atoms with Crippen LogP contribution >= 0.6 is 0 Å². The van der Waals surface area contributed by atoms with Crippen molar-refractivity contribution in [3.8, 4) is 0 Å². The molecule has 2 radical (unpaired) electrons. The fourth-order valence-corrected chi connectivity index (χ4v) is 0. The zero-order chi connectivity index (χ0) is 3.58. The Morgan fingerprint density at radius 2 is 0.727 bits per heavy atom. The van der Waals surface area contributed by atoms with Crippen molar-refractivity contribution in [2.45, 2.75) is 0 Å². The third kappa shape index (κ3) is 504. The quantitative estimate of drug-likeness (QED) is 0.376. The Hall–Kier alpha value is 1.42. The van der Waals surface area contributed by atoms with Crippen LogP contribution < -0.4 is 0 Å². The van der Waals surface area contributed by atoms with E-state index >= 15 is 0 Å². The molecule has 11 heavy (non-hydrogen) atoms. The van der Waals surface area contributed by atoms with Crippen molar-refractivity contribution in [3.63, 3.8) is 0 Å². The van der Waals surface area contributed by atoms with Crippen molar-refractivity contribution in [3.05, 3.63) is 0 Å². The second-order valence-corrected chi connectivity index (χ2v) is 0.848. The van der Waals surface area contributed by atoms with Gasteiger partial charge in [0.15, 0.2) is 0 Å². The first-order valence-electron chi connectivity index (χ1n) is 0.651. The Balaban J connectivity index is -0.00000000214. The topological polar surface area (TPSA) is 215 Å². The summed E-state index contributed by atoms with van der Waals surface area (Å²) in [4.78, 5) is 14.3. The summed E-state index contributed by atoms with van der Waals surface area (Å²) >= 11 is 0. The minimum atomic E-state index is -3.13. The monoisotopic (exact) mass is 214 g/mol. The summed E-state index contributed by atoms with van der Waals surface area (Å²) in [5, 5.41) is 0. The molecule has 0 saturated heterocycles. The maximum absolute atomic E-state index is 8.74. The van der Waals surface area contributed by atoms with Gasteiger partial charge in [0.05, 0.1) is 0 Å². The van der Waals surface area contributed by atoms with Gasteiger partial charge in [0.1, 0.15) is 0 Å². The van der Waals surface area contributed by atoms with Gasteiger partial charge in [-0.15, -0.1) is 0 Å². The summed E-state index contributed by atoms with van der Waals surface area (Å²) in [5.74, 6) is 0. The molecule has 0 aliphatic carbocycles. The van der Waals surface area contributed by atoms with Crippen LogP contribution in [0.5, 0.6) is 0 Å². The number of rotatable bonds is 0. The maximum Gasteiger partial charge on any atom is 0.761 e. The molecule has 0 heterocycles. The van der Waals surface area contributed by atoms with Gasteiger partial charge in [-0.1, -0.05) is 0 Å². The van der Waals surface area contributed by atoms with Crippen molar-refractivity contribution in [1.82, 2.24) is 0 Å². The second-order valence-electron chi connectivity index (χ2n) is 0.283. The van der Waals surface area contributed by atoms with Gasteiger partial charge < -0.3 is 37.0 Å². The van der Waals surface area contributed by atoms with Crippen LogP contribution in [0.4, 0.5) is 0 Å². The van der Waals surface area contributed by atoms with Gasteiger partial charge >= 0.3 is 9.17 Å². The van der Waals surface area contributed by atoms with Gasteiger partial charge in [-0.05, 0) is 0 Å². The Bertz CT molecular complexity index is 35.1. The van der Waals surface area contributed by atoms with Gasteiger partial charge in [0, 0.05) is 59.1 Å². The molecule has 0 saturated carbocycles. The molecule has 0 atom stereocenters. The van der Waals surface area contributed by atoms with E-state index in [0.717, 1.165) is 0 Å². The van der Waals surface area contributed by atoms with Crippen molar-refractivity contribution in [2.75, 3.05) is 0 Å². The van der Waals surface area contributed by atoms with Crippen LogP contribution in [-0.2, 0) is 4.46 Å². The fraction of sp³-hybridized carbons (Fsp3) is 0. The largest absolute Gasteiger partial charge is 0.761 e. The van der Waals surface area contributed by atoms with Crippen molar-refractivity contribution in [1.29, 1.82) is 0 Å². The standard InChI is InChI=1S/2Na.H2O3Si.5H2O/c;;1-4(2)3;;;;;/h;;1-2H;5*1H2. The summed E-state index contributed by atoms with van der Waals surface area (Å²) in [7, 11) is -3.13. The summed E-state index contributed by atoms with van der Waals surface area (Å²) in [5.41, 5.74) is 0. The van der Waals surface area contributed by atoms with Crippen LogP contribution in [0.3, 0.4) is 0 Å². The summed E-state index contributed by atoms with van der Waals surface area (Å²) in [6, 6.07) is 0. The van der Waals surface area contributed by atoms with E-state index in [9.17, 15) is 0 Å². The van der Waals surface area contributed by atoms with Gasteiger partial charge in [0.2, 0.25) is 0 Å². The van der Waals surface area contributed by atoms with Crippen molar-refractivity contribution in [2.24, 2.45) is 0 Å². The Morgan fingerprint density at radius 3 is 0.727 bits per heavy atom. The molecule has 12 N–H and O–H groups in total. The van der Waals surface area contributed by atoms with Crippen LogP contribution in [-0.4, -0.2) is 105 Å². The first kappa shape index (κ1) is 83.0. The van der Waals surface area contributed by atoms with E-state index in [1.807, 2.05) is 0 Å². The zero-order valence-corrected chi connectivity index (χ0v) is 11.3. The van der Waals surface area contributed by atoms with Gasteiger partial charge in [-0.3, -0.25) is 4.46 Å². The summed E-state index contributed by atoms with van der Waals surface area (Å²) in [6.07, 6.45) is 0. The average molecular weight is 214 g/mol. The summed E-state index contributed by atoms with van der Waals surface area (Å²) in [6.45, 7) is 0. The van der Waals surface area contributed by atoms with Gasteiger partial charge in [-0.2, -0.15) is 0 Å². The molecule has 8 nitrogen and oxygen atoms in total.